The first-order valence-electron chi connectivity index (χ1n) is 10.0. The van der Waals surface area contributed by atoms with Gasteiger partial charge in [-0.25, -0.2) is 4.39 Å². The molecule has 174 valence electrons. The Hall–Kier alpha value is -3.05. The van der Waals surface area contributed by atoms with Gasteiger partial charge in [-0.1, -0.05) is 41.4 Å². The average Bonchev–Trinajstić information content (AvgIpc) is 2.81. The number of nitrogens with one attached hydrogen (secondary N) is 1. The second-order valence-electron chi connectivity index (χ2n) is 6.90. The minimum Gasteiger partial charge on any atom is -0.490 e. The summed E-state index contributed by atoms with van der Waals surface area (Å²) in [5.74, 6) is -0.110. The van der Waals surface area contributed by atoms with E-state index in [-0.39, 0.29) is 28.0 Å². The van der Waals surface area contributed by atoms with E-state index < -0.39 is 5.91 Å². The minimum absolute atomic E-state index is 0.148. The highest BCUT2D eigenvalue weighted by Gasteiger charge is 2.16. The van der Waals surface area contributed by atoms with Crippen molar-refractivity contribution < 1.29 is 18.7 Å². The summed E-state index contributed by atoms with van der Waals surface area (Å²) in [6.45, 7) is 2.38. The Bertz CT molecular complexity index is 1270. The van der Waals surface area contributed by atoms with Gasteiger partial charge < -0.3 is 14.8 Å². The van der Waals surface area contributed by atoms with Gasteiger partial charge in [0, 0.05) is 0 Å². The first-order valence-corrected chi connectivity index (χ1v) is 11.6. The molecule has 1 amide bonds. The second kappa shape index (κ2) is 11.9. The molecule has 0 radical (unpaired) electrons. The Morgan fingerprint density at radius 1 is 1.18 bits per heavy atom. The third kappa shape index (κ3) is 6.51. The maximum absolute atomic E-state index is 13.1. The summed E-state index contributed by atoms with van der Waals surface area (Å²) in [5, 5.41) is 12.6. The number of nitriles is 1. The van der Waals surface area contributed by atoms with E-state index >= 15 is 0 Å². The van der Waals surface area contributed by atoms with Crippen LogP contribution in [-0.4, -0.2) is 12.5 Å². The molecule has 3 aromatic rings. The summed E-state index contributed by atoms with van der Waals surface area (Å²) in [7, 11) is 0. The fraction of sp³-hybridized carbons (Fsp3) is 0.120. The van der Waals surface area contributed by atoms with Crippen molar-refractivity contribution in [2.45, 2.75) is 13.5 Å². The third-order valence-electron chi connectivity index (χ3n) is 4.50. The van der Waals surface area contributed by atoms with Gasteiger partial charge in [0.15, 0.2) is 11.5 Å². The third-order valence-corrected chi connectivity index (χ3v) is 5.91. The number of anilines is 1. The molecule has 0 aromatic heterocycles. The van der Waals surface area contributed by atoms with Gasteiger partial charge in [0.2, 0.25) is 0 Å². The highest BCUT2D eigenvalue weighted by molar-refractivity contribution is 9.10. The fourth-order valence-corrected chi connectivity index (χ4v) is 3.84. The van der Waals surface area contributed by atoms with Gasteiger partial charge in [-0.2, -0.15) is 5.26 Å². The van der Waals surface area contributed by atoms with E-state index in [0.717, 1.165) is 5.56 Å². The molecule has 0 fully saturated rings. The van der Waals surface area contributed by atoms with Crippen LogP contribution in [0.3, 0.4) is 0 Å². The van der Waals surface area contributed by atoms with E-state index in [1.54, 1.807) is 42.5 Å². The molecule has 0 saturated carbocycles. The predicted molar refractivity (Wildman–Crippen MR) is 135 cm³/mol. The molecule has 0 aliphatic heterocycles. The average molecular weight is 564 g/mol. The summed E-state index contributed by atoms with van der Waals surface area (Å²) in [6.07, 6.45) is 1.42. The molecule has 0 bridgehead atoms. The standard InChI is InChI=1S/C25H18BrCl2FN2O3/c1-2-33-22-12-16(11-19(26)24(22)34-14-15-6-8-18(29)9-7-15)10-17(13-30)25(32)31-21-5-3-4-20(27)23(21)28/h3-12H,2,14H2,1H3,(H,31,32)/b17-10-. The molecule has 1 N–H and O–H groups in total. The van der Waals surface area contributed by atoms with Crippen LogP contribution in [0.4, 0.5) is 10.1 Å². The Morgan fingerprint density at radius 2 is 1.91 bits per heavy atom. The second-order valence-corrected chi connectivity index (χ2v) is 8.54. The quantitative estimate of drug-likeness (QED) is 0.229. The van der Waals surface area contributed by atoms with Crippen LogP contribution in [0.1, 0.15) is 18.1 Å². The van der Waals surface area contributed by atoms with Crippen molar-refractivity contribution in [1.29, 1.82) is 5.26 Å². The van der Waals surface area contributed by atoms with Crippen LogP contribution in [0.15, 0.2) is 64.6 Å². The maximum atomic E-state index is 13.1. The molecule has 0 atom stereocenters. The van der Waals surface area contributed by atoms with Crippen LogP contribution in [0, 0.1) is 17.1 Å². The molecule has 0 saturated heterocycles. The Balaban J connectivity index is 1.86. The predicted octanol–water partition coefficient (Wildman–Crippen LogP) is 7.42. The van der Waals surface area contributed by atoms with Crippen molar-refractivity contribution >= 4 is 56.8 Å². The van der Waals surface area contributed by atoms with Gasteiger partial charge in [-0.15, -0.1) is 0 Å². The SMILES string of the molecule is CCOc1cc(/C=C(/C#N)C(=O)Nc2cccc(Cl)c2Cl)cc(Br)c1OCc1ccc(F)cc1. The number of halogens is 4. The number of hydrogen-bond donors (Lipinski definition) is 1. The lowest BCUT2D eigenvalue weighted by molar-refractivity contribution is -0.112. The largest absolute Gasteiger partial charge is 0.490 e. The van der Waals surface area contributed by atoms with E-state index in [4.69, 9.17) is 32.7 Å². The highest BCUT2D eigenvalue weighted by atomic mass is 79.9. The van der Waals surface area contributed by atoms with Crippen LogP contribution in [0.2, 0.25) is 10.0 Å². The fourth-order valence-electron chi connectivity index (χ4n) is 2.92. The molecule has 3 aromatic carbocycles. The Labute approximate surface area is 214 Å². The number of amides is 1. The van der Waals surface area contributed by atoms with Gasteiger partial charge in [-0.3, -0.25) is 4.79 Å². The number of hydrogen-bond acceptors (Lipinski definition) is 4. The van der Waals surface area contributed by atoms with Crippen molar-refractivity contribution in [2.24, 2.45) is 0 Å². The number of carbonyl (C=O) groups excluding carboxylic acids is 1. The van der Waals surface area contributed by atoms with Crippen LogP contribution in [-0.2, 0) is 11.4 Å². The minimum atomic E-state index is -0.641. The zero-order valence-electron chi connectivity index (χ0n) is 17.9. The first kappa shape index (κ1) is 25.6. The Morgan fingerprint density at radius 3 is 2.59 bits per heavy atom. The van der Waals surface area contributed by atoms with Gasteiger partial charge in [0.25, 0.3) is 5.91 Å². The number of carbonyl (C=O) groups is 1. The smallest absolute Gasteiger partial charge is 0.266 e. The first-order chi connectivity index (χ1) is 16.3. The summed E-state index contributed by atoms with van der Waals surface area (Å²) >= 11 is 15.6. The van der Waals surface area contributed by atoms with Gasteiger partial charge in [-0.05, 0) is 76.5 Å². The molecule has 0 heterocycles. The normalized spacial score (nSPS) is 11.0. The summed E-state index contributed by atoms with van der Waals surface area (Å²) in [6, 6.07) is 16.0. The van der Waals surface area contributed by atoms with E-state index in [1.165, 1.54) is 18.2 Å². The van der Waals surface area contributed by atoms with Crippen molar-refractivity contribution in [3.63, 3.8) is 0 Å². The van der Waals surface area contributed by atoms with Crippen molar-refractivity contribution in [2.75, 3.05) is 11.9 Å². The molecular formula is C25H18BrCl2FN2O3. The highest BCUT2D eigenvalue weighted by Crippen LogP contribution is 2.38. The van der Waals surface area contributed by atoms with Crippen molar-refractivity contribution in [3.8, 4) is 17.6 Å². The van der Waals surface area contributed by atoms with E-state index in [1.807, 2.05) is 13.0 Å². The van der Waals surface area contributed by atoms with E-state index in [2.05, 4.69) is 21.2 Å². The number of benzene rings is 3. The molecule has 5 nitrogen and oxygen atoms in total. The van der Waals surface area contributed by atoms with Crippen LogP contribution in [0.25, 0.3) is 6.08 Å². The van der Waals surface area contributed by atoms with Crippen LogP contribution >= 0.6 is 39.1 Å². The number of nitrogens with zero attached hydrogens (tertiary/aromatic N) is 1. The van der Waals surface area contributed by atoms with Crippen molar-refractivity contribution in [1.82, 2.24) is 0 Å². The topological polar surface area (TPSA) is 71.3 Å². The Kier molecular flexibility index (Phi) is 8.94. The van der Waals surface area contributed by atoms with Crippen LogP contribution in [0.5, 0.6) is 11.5 Å². The molecule has 3 rings (SSSR count). The van der Waals surface area contributed by atoms with Crippen LogP contribution < -0.4 is 14.8 Å². The lowest BCUT2D eigenvalue weighted by atomic mass is 10.1. The lowest BCUT2D eigenvalue weighted by Crippen LogP contribution is -2.13. The zero-order chi connectivity index (χ0) is 24.7. The molecule has 34 heavy (non-hydrogen) atoms. The summed E-state index contributed by atoms with van der Waals surface area (Å²) in [4.78, 5) is 12.7. The van der Waals surface area contributed by atoms with E-state index in [9.17, 15) is 14.4 Å². The lowest BCUT2D eigenvalue weighted by Gasteiger charge is -2.15. The molecule has 0 spiro atoms. The molecule has 0 aliphatic rings. The maximum Gasteiger partial charge on any atom is 0.266 e. The summed E-state index contributed by atoms with van der Waals surface area (Å²) < 4.78 is 25.3. The molecular weight excluding hydrogens is 546 g/mol. The van der Waals surface area contributed by atoms with Gasteiger partial charge in [0.1, 0.15) is 24.1 Å². The van der Waals surface area contributed by atoms with Gasteiger partial charge in [0.05, 0.1) is 26.8 Å². The monoisotopic (exact) mass is 562 g/mol. The molecule has 0 aliphatic carbocycles. The number of rotatable bonds is 8. The molecule has 0 unspecified atom stereocenters. The molecule has 9 heteroatoms. The van der Waals surface area contributed by atoms with Crippen molar-refractivity contribution in [3.05, 3.63) is 91.6 Å². The van der Waals surface area contributed by atoms with E-state index in [0.29, 0.717) is 33.8 Å². The van der Waals surface area contributed by atoms with Gasteiger partial charge >= 0.3 is 0 Å². The number of ether oxygens (including phenoxy) is 2. The summed E-state index contributed by atoms with van der Waals surface area (Å²) in [5.41, 5.74) is 1.46. The zero-order valence-corrected chi connectivity index (χ0v) is 21.0.